The first kappa shape index (κ1) is 25.0. The molecule has 0 unspecified atom stereocenters. The van der Waals surface area contributed by atoms with Crippen LogP contribution in [0.2, 0.25) is 0 Å². The van der Waals surface area contributed by atoms with Crippen molar-refractivity contribution in [1.82, 2.24) is 9.62 Å². The molecule has 2 aromatic carbocycles. The third kappa shape index (κ3) is 6.22. The fraction of sp³-hybridized carbons (Fsp3) is 0.381. The highest BCUT2D eigenvalue weighted by Crippen LogP contribution is 2.26. The second-order valence-corrected chi connectivity index (χ2v) is 11.7. The molecule has 33 heavy (non-hydrogen) atoms. The third-order valence-corrected chi connectivity index (χ3v) is 7.50. The van der Waals surface area contributed by atoms with Gasteiger partial charge in [-0.25, -0.2) is 21.1 Å². The molecular weight excluding hydrogens is 468 g/mol. The number of nitrogens with zero attached hydrogens (tertiary/aromatic N) is 2. The molecule has 180 valence electrons. The number of amides is 1. The molecule has 0 saturated carbocycles. The van der Waals surface area contributed by atoms with Crippen LogP contribution in [0.15, 0.2) is 47.4 Å². The number of para-hydroxylation sites is 1. The monoisotopic (exact) mass is 496 g/mol. The first-order chi connectivity index (χ1) is 15.5. The zero-order valence-corrected chi connectivity index (χ0v) is 20.4. The van der Waals surface area contributed by atoms with Crippen LogP contribution in [0.5, 0.6) is 0 Å². The average molecular weight is 497 g/mol. The molecular formula is C21H28N4O6S2. The molecule has 0 aliphatic carbocycles. The van der Waals surface area contributed by atoms with Gasteiger partial charge in [0.05, 0.1) is 35.6 Å². The molecule has 3 rings (SSSR count). The van der Waals surface area contributed by atoms with Gasteiger partial charge in [0, 0.05) is 39.4 Å². The van der Waals surface area contributed by atoms with Gasteiger partial charge in [-0.15, -0.1) is 0 Å². The Hall–Kier alpha value is -2.67. The minimum atomic E-state index is -3.74. The summed E-state index contributed by atoms with van der Waals surface area (Å²) < 4.78 is 57.5. The second kappa shape index (κ2) is 10.1. The molecule has 1 aliphatic rings. The lowest BCUT2D eigenvalue weighted by atomic mass is 10.1. The number of sulfonamides is 2. The van der Waals surface area contributed by atoms with Crippen LogP contribution in [0, 0.1) is 0 Å². The van der Waals surface area contributed by atoms with Gasteiger partial charge in [0.15, 0.2) is 0 Å². The van der Waals surface area contributed by atoms with E-state index in [2.05, 4.69) is 10.0 Å². The quantitative estimate of drug-likeness (QED) is 0.560. The van der Waals surface area contributed by atoms with Gasteiger partial charge < -0.3 is 15.0 Å². The van der Waals surface area contributed by atoms with Crippen molar-refractivity contribution in [1.29, 1.82) is 0 Å². The van der Waals surface area contributed by atoms with Crippen LogP contribution >= 0.6 is 0 Å². The van der Waals surface area contributed by atoms with Gasteiger partial charge in [0.2, 0.25) is 20.0 Å². The lowest BCUT2D eigenvalue weighted by molar-refractivity contribution is 0.0949. The lowest BCUT2D eigenvalue weighted by Gasteiger charge is -2.30. The van der Waals surface area contributed by atoms with Gasteiger partial charge in [-0.2, -0.15) is 0 Å². The Balaban J connectivity index is 1.92. The van der Waals surface area contributed by atoms with Gasteiger partial charge >= 0.3 is 0 Å². The summed E-state index contributed by atoms with van der Waals surface area (Å²) >= 11 is 0. The summed E-state index contributed by atoms with van der Waals surface area (Å²) in [5, 5.41) is 2.79. The molecule has 0 aromatic heterocycles. The van der Waals surface area contributed by atoms with Gasteiger partial charge in [0.25, 0.3) is 5.91 Å². The molecule has 1 saturated heterocycles. The van der Waals surface area contributed by atoms with Crippen molar-refractivity contribution in [3.05, 3.63) is 53.6 Å². The maximum absolute atomic E-state index is 13.2. The van der Waals surface area contributed by atoms with Crippen molar-refractivity contribution >= 4 is 37.3 Å². The first-order valence-electron chi connectivity index (χ1n) is 10.2. The predicted molar refractivity (Wildman–Crippen MR) is 126 cm³/mol. The number of hydrogen-bond donors (Lipinski definition) is 2. The average Bonchev–Trinajstić information content (AvgIpc) is 2.77. The Morgan fingerprint density at radius 1 is 1.06 bits per heavy atom. The van der Waals surface area contributed by atoms with Gasteiger partial charge in [-0.1, -0.05) is 18.2 Å². The number of carbonyl (C=O) groups is 1. The zero-order chi connectivity index (χ0) is 24.2. The number of morpholine rings is 1. The van der Waals surface area contributed by atoms with E-state index in [4.69, 9.17) is 4.74 Å². The fourth-order valence-corrected chi connectivity index (χ4v) is 4.92. The molecule has 12 heteroatoms. The standard InChI is InChI=1S/C21H28N4O6S2/c1-24(2)33(29,30)17-8-9-20(25-10-12-31-13-11-25)18(14-17)21(26)22-15-16-6-4-5-7-19(16)23-32(3,27)28/h4-9,14,23H,10-13,15H2,1-3H3,(H,22,26). The highest BCUT2D eigenvalue weighted by Gasteiger charge is 2.24. The zero-order valence-electron chi connectivity index (χ0n) is 18.7. The summed E-state index contributed by atoms with van der Waals surface area (Å²) in [7, 11) is -4.38. The molecule has 10 nitrogen and oxygen atoms in total. The summed E-state index contributed by atoms with van der Waals surface area (Å²) in [5.74, 6) is -0.471. The van der Waals surface area contributed by atoms with Crippen molar-refractivity contribution in [3.63, 3.8) is 0 Å². The van der Waals surface area contributed by atoms with Crippen LogP contribution in [0.3, 0.4) is 0 Å². The van der Waals surface area contributed by atoms with Crippen LogP contribution in [0.4, 0.5) is 11.4 Å². The SMILES string of the molecule is CN(C)S(=O)(=O)c1ccc(N2CCOCC2)c(C(=O)NCc2ccccc2NS(C)(=O)=O)c1. The fourth-order valence-electron chi connectivity index (χ4n) is 3.39. The Morgan fingerprint density at radius 3 is 2.36 bits per heavy atom. The Kier molecular flexibility index (Phi) is 7.62. The smallest absolute Gasteiger partial charge is 0.253 e. The van der Waals surface area contributed by atoms with E-state index < -0.39 is 26.0 Å². The van der Waals surface area contributed by atoms with E-state index in [9.17, 15) is 21.6 Å². The van der Waals surface area contributed by atoms with Crippen molar-refractivity contribution in [2.24, 2.45) is 0 Å². The van der Waals surface area contributed by atoms with E-state index in [1.165, 1.54) is 26.2 Å². The van der Waals surface area contributed by atoms with Crippen molar-refractivity contribution in [3.8, 4) is 0 Å². The van der Waals surface area contributed by atoms with Crippen molar-refractivity contribution in [2.45, 2.75) is 11.4 Å². The van der Waals surface area contributed by atoms with Crippen LogP contribution < -0.4 is 14.9 Å². The lowest BCUT2D eigenvalue weighted by Crippen LogP contribution is -2.38. The van der Waals surface area contributed by atoms with E-state index in [1.54, 1.807) is 30.3 Å². The first-order valence-corrected chi connectivity index (χ1v) is 13.6. The summed E-state index contributed by atoms with van der Waals surface area (Å²) in [5.41, 5.74) is 1.75. The number of nitrogens with one attached hydrogen (secondary N) is 2. The van der Waals surface area contributed by atoms with Gasteiger partial charge in [-0.05, 0) is 29.8 Å². The normalized spacial score (nSPS) is 14.8. The summed E-state index contributed by atoms with van der Waals surface area (Å²) in [4.78, 5) is 15.2. The molecule has 1 heterocycles. The number of anilines is 2. The Labute approximate surface area is 194 Å². The van der Waals surface area contributed by atoms with E-state index >= 15 is 0 Å². The van der Waals surface area contributed by atoms with E-state index in [-0.39, 0.29) is 17.0 Å². The molecule has 2 aromatic rings. The minimum Gasteiger partial charge on any atom is -0.378 e. The maximum Gasteiger partial charge on any atom is 0.253 e. The predicted octanol–water partition coefficient (Wildman–Crippen LogP) is 1.08. The van der Waals surface area contributed by atoms with Gasteiger partial charge in [0.1, 0.15) is 0 Å². The highest BCUT2D eigenvalue weighted by atomic mass is 32.2. The van der Waals surface area contributed by atoms with Crippen LogP contribution in [0.25, 0.3) is 0 Å². The number of benzene rings is 2. The largest absolute Gasteiger partial charge is 0.378 e. The Bertz CT molecular complexity index is 1220. The molecule has 1 amide bonds. The molecule has 0 atom stereocenters. The summed E-state index contributed by atoms with van der Waals surface area (Å²) in [6.07, 6.45) is 1.05. The van der Waals surface area contributed by atoms with E-state index in [1.807, 2.05) is 4.90 Å². The number of rotatable bonds is 8. The molecule has 1 aliphatic heterocycles. The maximum atomic E-state index is 13.2. The van der Waals surface area contributed by atoms with Crippen molar-refractivity contribution < 1.29 is 26.4 Å². The van der Waals surface area contributed by atoms with Crippen LogP contribution in [-0.2, 0) is 31.3 Å². The van der Waals surface area contributed by atoms with Crippen molar-refractivity contribution in [2.75, 3.05) is 56.3 Å². The highest BCUT2D eigenvalue weighted by molar-refractivity contribution is 7.92. The van der Waals surface area contributed by atoms with Crippen LogP contribution in [0.1, 0.15) is 15.9 Å². The Morgan fingerprint density at radius 2 is 1.73 bits per heavy atom. The summed E-state index contributed by atoms with van der Waals surface area (Å²) in [6.45, 7) is 2.19. The van der Waals surface area contributed by atoms with Gasteiger partial charge in [-0.3, -0.25) is 9.52 Å². The molecule has 2 N–H and O–H groups in total. The van der Waals surface area contributed by atoms with E-state index in [0.29, 0.717) is 43.2 Å². The third-order valence-electron chi connectivity index (χ3n) is 5.10. The second-order valence-electron chi connectivity index (χ2n) is 7.78. The minimum absolute atomic E-state index is 0.00815. The topological polar surface area (TPSA) is 125 Å². The molecule has 1 fully saturated rings. The van der Waals surface area contributed by atoms with E-state index in [0.717, 1.165) is 10.6 Å². The number of carbonyl (C=O) groups excluding carboxylic acids is 1. The molecule has 0 bridgehead atoms. The molecule has 0 spiro atoms. The number of hydrogen-bond acceptors (Lipinski definition) is 7. The summed E-state index contributed by atoms with van der Waals surface area (Å²) in [6, 6.07) is 11.2. The molecule has 0 radical (unpaired) electrons. The number of ether oxygens (including phenoxy) is 1. The van der Waals surface area contributed by atoms with Crippen LogP contribution in [-0.4, -0.2) is 73.7 Å².